The number of thiazole rings is 1. The first-order valence-corrected chi connectivity index (χ1v) is 9.83. The third kappa shape index (κ3) is 3.26. The van der Waals surface area contributed by atoms with E-state index in [1.807, 2.05) is 6.07 Å². The van der Waals surface area contributed by atoms with Crippen molar-refractivity contribution < 1.29 is 4.79 Å². The van der Waals surface area contributed by atoms with E-state index < -0.39 is 0 Å². The summed E-state index contributed by atoms with van der Waals surface area (Å²) in [5.74, 6) is -0.150. The molecule has 1 atom stereocenters. The zero-order valence-electron chi connectivity index (χ0n) is 15.3. The Kier molecular flexibility index (Phi) is 4.54. The minimum atomic E-state index is -0.382. The van der Waals surface area contributed by atoms with Crippen molar-refractivity contribution in [2.24, 2.45) is 0 Å². The standard InChI is InChI=1S/C21H20N4OS/c1-13-5-3-6-14(2)19(13)15-8-9-16-18(11-15)27-21(23-16)24-20(26)17-7-4-10-25(17)12-22/h3,5-6,8-9,11,17H,4,7,10H2,1-2H3,(H,23,24,26). The van der Waals surface area contributed by atoms with Crippen molar-refractivity contribution in [2.75, 3.05) is 11.9 Å². The fourth-order valence-corrected chi connectivity index (χ4v) is 4.66. The molecule has 0 aliphatic carbocycles. The summed E-state index contributed by atoms with van der Waals surface area (Å²) in [5.41, 5.74) is 5.75. The van der Waals surface area contributed by atoms with Crippen LogP contribution in [0.25, 0.3) is 21.3 Å². The highest BCUT2D eigenvalue weighted by Gasteiger charge is 2.30. The molecule has 5 nitrogen and oxygen atoms in total. The first kappa shape index (κ1) is 17.5. The molecule has 1 aliphatic heterocycles. The van der Waals surface area contributed by atoms with E-state index in [0.717, 1.165) is 22.2 Å². The van der Waals surface area contributed by atoms with Gasteiger partial charge in [0.1, 0.15) is 6.04 Å². The van der Waals surface area contributed by atoms with Crippen molar-refractivity contribution >= 4 is 32.6 Å². The Morgan fingerprint density at radius 2 is 2.07 bits per heavy atom. The van der Waals surface area contributed by atoms with Crippen molar-refractivity contribution in [1.29, 1.82) is 5.26 Å². The Bertz CT molecular complexity index is 1050. The number of likely N-dealkylation sites (tertiary alicyclic amines) is 1. The molecule has 1 N–H and O–H groups in total. The van der Waals surface area contributed by atoms with E-state index in [-0.39, 0.29) is 11.9 Å². The van der Waals surface area contributed by atoms with Gasteiger partial charge in [-0.05, 0) is 61.1 Å². The molecule has 0 spiro atoms. The first-order valence-electron chi connectivity index (χ1n) is 9.01. The molecule has 0 saturated carbocycles. The molecule has 0 bridgehead atoms. The lowest BCUT2D eigenvalue weighted by Gasteiger charge is -2.16. The van der Waals surface area contributed by atoms with Gasteiger partial charge in [-0.2, -0.15) is 5.26 Å². The van der Waals surface area contributed by atoms with E-state index in [9.17, 15) is 4.79 Å². The van der Waals surface area contributed by atoms with Crippen molar-refractivity contribution in [2.45, 2.75) is 32.7 Å². The first-order chi connectivity index (χ1) is 13.1. The third-order valence-corrected chi connectivity index (χ3v) is 6.01. The molecule has 1 aliphatic rings. The summed E-state index contributed by atoms with van der Waals surface area (Å²) >= 11 is 1.47. The van der Waals surface area contributed by atoms with Crippen molar-refractivity contribution in [3.05, 3.63) is 47.5 Å². The number of fused-ring (bicyclic) bond motifs is 1. The molecule has 2 heterocycles. The second kappa shape index (κ2) is 7.01. The van der Waals surface area contributed by atoms with Gasteiger partial charge in [-0.1, -0.05) is 35.6 Å². The maximum Gasteiger partial charge on any atom is 0.249 e. The fraction of sp³-hybridized carbons (Fsp3) is 0.286. The Morgan fingerprint density at radius 3 is 2.81 bits per heavy atom. The Morgan fingerprint density at radius 1 is 1.30 bits per heavy atom. The van der Waals surface area contributed by atoms with E-state index in [0.29, 0.717) is 18.1 Å². The van der Waals surface area contributed by atoms with Crippen LogP contribution in [0.3, 0.4) is 0 Å². The molecule has 3 aromatic rings. The van der Waals surface area contributed by atoms with Crippen LogP contribution in [0, 0.1) is 25.3 Å². The Hall–Kier alpha value is -2.91. The van der Waals surface area contributed by atoms with Crippen LogP contribution in [0.4, 0.5) is 5.13 Å². The molecular weight excluding hydrogens is 356 g/mol. The number of carbonyl (C=O) groups is 1. The summed E-state index contributed by atoms with van der Waals surface area (Å²) in [5, 5.41) is 12.6. The summed E-state index contributed by atoms with van der Waals surface area (Å²) < 4.78 is 1.04. The Labute approximate surface area is 162 Å². The number of hydrogen-bond acceptors (Lipinski definition) is 5. The predicted molar refractivity (Wildman–Crippen MR) is 109 cm³/mol. The highest BCUT2D eigenvalue weighted by Crippen LogP contribution is 2.33. The van der Waals surface area contributed by atoms with Gasteiger partial charge in [0, 0.05) is 6.54 Å². The van der Waals surface area contributed by atoms with Crippen molar-refractivity contribution in [1.82, 2.24) is 9.88 Å². The van der Waals surface area contributed by atoms with Crippen LogP contribution in [0.2, 0.25) is 0 Å². The summed E-state index contributed by atoms with van der Waals surface area (Å²) in [6.07, 6.45) is 3.67. The number of hydrogen-bond donors (Lipinski definition) is 1. The number of benzene rings is 2. The smallest absolute Gasteiger partial charge is 0.249 e. The zero-order chi connectivity index (χ0) is 19.0. The van der Waals surface area contributed by atoms with Crippen molar-refractivity contribution in [3.8, 4) is 17.3 Å². The van der Waals surface area contributed by atoms with Gasteiger partial charge in [0.05, 0.1) is 10.2 Å². The lowest BCUT2D eigenvalue weighted by molar-refractivity contribution is -0.119. The largest absolute Gasteiger partial charge is 0.300 e. The van der Waals surface area contributed by atoms with E-state index in [1.165, 1.54) is 28.0 Å². The molecule has 1 aromatic heterocycles. The van der Waals surface area contributed by atoms with Crippen LogP contribution in [0.15, 0.2) is 36.4 Å². The minimum absolute atomic E-state index is 0.150. The molecular formula is C21H20N4OS. The van der Waals surface area contributed by atoms with Crippen LogP contribution in [-0.2, 0) is 4.79 Å². The summed E-state index contributed by atoms with van der Waals surface area (Å²) in [6.45, 7) is 4.88. The van der Waals surface area contributed by atoms with Crippen molar-refractivity contribution in [3.63, 3.8) is 0 Å². The van der Waals surface area contributed by atoms with Crippen LogP contribution in [0.1, 0.15) is 24.0 Å². The molecule has 6 heteroatoms. The van der Waals surface area contributed by atoms with Crippen LogP contribution in [-0.4, -0.2) is 28.4 Å². The molecule has 27 heavy (non-hydrogen) atoms. The zero-order valence-corrected chi connectivity index (χ0v) is 16.1. The second-order valence-electron chi connectivity index (χ2n) is 6.91. The van der Waals surface area contributed by atoms with E-state index >= 15 is 0 Å². The highest BCUT2D eigenvalue weighted by molar-refractivity contribution is 7.22. The molecule has 136 valence electrons. The van der Waals surface area contributed by atoms with Gasteiger partial charge in [-0.3, -0.25) is 9.69 Å². The average molecular weight is 376 g/mol. The van der Waals surface area contributed by atoms with Gasteiger partial charge >= 0.3 is 0 Å². The van der Waals surface area contributed by atoms with Gasteiger partial charge in [0.15, 0.2) is 11.3 Å². The van der Waals surface area contributed by atoms with E-state index in [2.05, 4.69) is 60.7 Å². The highest BCUT2D eigenvalue weighted by atomic mass is 32.1. The van der Waals surface area contributed by atoms with E-state index in [1.54, 1.807) is 4.90 Å². The number of nitrogens with one attached hydrogen (secondary N) is 1. The number of aromatic nitrogens is 1. The van der Waals surface area contributed by atoms with Gasteiger partial charge in [-0.15, -0.1) is 0 Å². The number of amides is 1. The summed E-state index contributed by atoms with van der Waals surface area (Å²) in [6, 6.07) is 12.1. The third-order valence-electron chi connectivity index (χ3n) is 5.07. The number of rotatable bonds is 3. The average Bonchev–Trinajstić information content (AvgIpc) is 3.27. The van der Waals surface area contributed by atoms with Crippen LogP contribution >= 0.6 is 11.3 Å². The summed E-state index contributed by atoms with van der Waals surface area (Å²) in [7, 11) is 0. The maximum absolute atomic E-state index is 12.5. The van der Waals surface area contributed by atoms with Crippen LogP contribution < -0.4 is 5.32 Å². The molecule has 4 rings (SSSR count). The number of anilines is 1. The SMILES string of the molecule is Cc1cccc(C)c1-c1ccc2nc(NC(=O)C3CCCN3C#N)sc2c1. The topological polar surface area (TPSA) is 69.0 Å². The monoisotopic (exact) mass is 376 g/mol. The maximum atomic E-state index is 12.5. The molecule has 1 saturated heterocycles. The number of carbonyl (C=O) groups excluding carboxylic acids is 1. The Balaban J connectivity index is 1.62. The van der Waals surface area contributed by atoms with Gasteiger partial charge in [0.25, 0.3) is 0 Å². The fourth-order valence-electron chi connectivity index (χ4n) is 3.75. The molecule has 1 amide bonds. The molecule has 2 aromatic carbocycles. The quantitative estimate of drug-likeness (QED) is 0.685. The molecule has 1 unspecified atom stereocenters. The molecule has 0 radical (unpaired) electrons. The predicted octanol–water partition coefficient (Wildman–Crippen LogP) is 4.46. The minimum Gasteiger partial charge on any atom is -0.300 e. The normalized spacial score (nSPS) is 16.5. The van der Waals surface area contributed by atoms with E-state index in [4.69, 9.17) is 5.26 Å². The molecule has 1 fully saturated rings. The number of nitriles is 1. The van der Waals surface area contributed by atoms with Gasteiger partial charge in [-0.25, -0.2) is 4.98 Å². The second-order valence-corrected chi connectivity index (χ2v) is 7.94. The van der Waals surface area contributed by atoms with Crippen LogP contribution in [0.5, 0.6) is 0 Å². The lowest BCUT2D eigenvalue weighted by Crippen LogP contribution is -2.36. The summed E-state index contributed by atoms with van der Waals surface area (Å²) in [4.78, 5) is 18.6. The number of nitrogens with zero attached hydrogens (tertiary/aromatic N) is 3. The lowest BCUT2D eigenvalue weighted by atomic mass is 9.96. The van der Waals surface area contributed by atoms with Gasteiger partial charge < -0.3 is 5.32 Å². The number of aryl methyl sites for hydroxylation is 2. The van der Waals surface area contributed by atoms with Gasteiger partial charge in [0.2, 0.25) is 5.91 Å².